The maximum Gasteiger partial charge on any atom is 0.135 e. The second kappa shape index (κ2) is 6.60. The molecule has 2 aliphatic rings. The summed E-state index contributed by atoms with van der Waals surface area (Å²) in [5.41, 5.74) is 0.465. The van der Waals surface area contributed by atoms with Gasteiger partial charge in [0, 0.05) is 12.3 Å². The van der Waals surface area contributed by atoms with Crippen molar-refractivity contribution in [3.8, 4) is 0 Å². The second-order valence-corrected chi connectivity index (χ2v) is 7.21. The van der Waals surface area contributed by atoms with E-state index in [9.17, 15) is 0 Å². The third-order valence-electron chi connectivity index (χ3n) is 5.35. The number of nitrogens with one attached hydrogen (secondary N) is 1. The van der Waals surface area contributed by atoms with Crippen LogP contribution < -0.4 is 17.3 Å². The van der Waals surface area contributed by atoms with Crippen molar-refractivity contribution in [3.05, 3.63) is 22.4 Å². The molecule has 0 aromatic carbocycles. The van der Waals surface area contributed by atoms with Crippen molar-refractivity contribution < 1.29 is 17.3 Å². The van der Waals surface area contributed by atoms with Crippen molar-refractivity contribution >= 4 is 11.3 Å². The van der Waals surface area contributed by atoms with Gasteiger partial charge in [-0.25, -0.2) is 0 Å². The molecule has 2 unspecified atom stereocenters. The van der Waals surface area contributed by atoms with Crippen LogP contribution in [0.2, 0.25) is 0 Å². The predicted molar refractivity (Wildman–Crippen MR) is 78.2 cm³/mol. The molecule has 0 bridgehead atoms. The topological polar surface area (TPSA) is 4.44 Å². The molecule has 3 rings (SSSR count). The Hall–Kier alpha value is -0.0500. The Balaban J connectivity index is 0.00000133. The van der Waals surface area contributed by atoms with Gasteiger partial charge in [-0.2, -0.15) is 0 Å². The van der Waals surface area contributed by atoms with Gasteiger partial charge in [-0.15, -0.1) is 11.3 Å². The first-order valence-electron chi connectivity index (χ1n) is 7.73. The number of halogens is 1. The fourth-order valence-corrected chi connectivity index (χ4v) is 5.49. The van der Waals surface area contributed by atoms with E-state index < -0.39 is 0 Å². The van der Waals surface area contributed by atoms with Gasteiger partial charge in [0.15, 0.2) is 0 Å². The average Bonchev–Trinajstić information content (AvgIpc) is 2.95. The van der Waals surface area contributed by atoms with Crippen LogP contribution in [0.4, 0.5) is 0 Å². The van der Waals surface area contributed by atoms with Crippen molar-refractivity contribution in [2.24, 2.45) is 5.92 Å². The summed E-state index contributed by atoms with van der Waals surface area (Å²) in [6, 6.07) is 4.67. The van der Waals surface area contributed by atoms with Gasteiger partial charge >= 0.3 is 0 Å². The van der Waals surface area contributed by atoms with E-state index in [0.717, 1.165) is 5.92 Å². The van der Waals surface area contributed by atoms with E-state index in [4.69, 9.17) is 0 Å². The smallest absolute Gasteiger partial charge is 0.135 e. The van der Waals surface area contributed by atoms with Crippen LogP contribution in [0.1, 0.15) is 56.7 Å². The minimum Gasteiger partial charge on any atom is -1.00 e. The van der Waals surface area contributed by atoms with Gasteiger partial charge in [-0.1, -0.05) is 19.4 Å². The summed E-state index contributed by atoms with van der Waals surface area (Å²) < 4.78 is 0. The van der Waals surface area contributed by atoms with E-state index in [1.165, 1.54) is 58.0 Å². The summed E-state index contributed by atoms with van der Waals surface area (Å²) in [6.07, 6.45) is 10.1. The maximum absolute atomic E-state index is 2.51. The summed E-state index contributed by atoms with van der Waals surface area (Å²) >= 11 is 2.00. The lowest BCUT2D eigenvalue weighted by Gasteiger charge is -2.48. The van der Waals surface area contributed by atoms with Crippen molar-refractivity contribution in [2.75, 3.05) is 13.1 Å². The molecule has 1 nitrogen and oxygen atoms in total. The summed E-state index contributed by atoms with van der Waals surface area (Å²) in [7, 11) is 0. The molecule has 2 atom stereocenters. The molecular weight excluding hydrogens is 274 g/mol. The molecule has 1 aromatic heterocycles. The molecule has 1 N–H and O–H groups in total. The Bertz CT molecular complexity index is 372. The molecular formula is C16H26ClNS. The van der Waals surface area contributed by atoms with E-state index >= 15 is 0 Å². The van der Waals surface area contributed by atoms with Crippen molar-refractivity contribution in [1.82, 2.24) is 0 Å². The van der Waals surface area contributed by atoms with E-state index in [2.05, 4.69) is 24.4 Å². The zero-order chi connectivity index (χ0) is 12.4. The largest absolute Gasteiger partial charge is 1.00 e. The number of rotatable bonds is 2. The monoisotopic (exact) mass is 299 g/mol. The molecule has 2 heterocycles. The van der Waals surface area contributed by atoms with Crippen molar-refractivity contribution in [3.63, 3.8) is 0 Å². The number of likely N-dealkylation sites (tertiary alicyclic amines) is 1. The standard InChI is InChI=1S/C16H25NS.ClH/c1-14-8-3-4-10-16(14,15-9-7-13-18-15)17-11-5-2-6-12-17;/h7,9,13-14H,2-6,8,10-12H2,1H3;1H. The van der Waals surface area contributed by atoms with Gasteiger partial charge in [-0.3, -0.25) is 0 Å². The zero-order valence-electron chi connectivity index (χ0n) is 12.0. The third-order valence-corrected chi connectivity index (χ3v) is 6.40. The SMILES string of the molecule is CC1CCCCC1(c1cccs1)[NH+]1CCCCC1.[Cl-]. The van der Waals surface area contributed by atoms with Crippen LogP contribution in [-0.4, -0.2) is 13.1 Å². The molecule has 3 heteroatoms. The van der Waals surface area contributed by atoms with Crippen molar-refractivity contribution in [2.45, 2.75) is 57.4 Å². The summed E-state index contributed by atoms with van der Waals surface area (Å²) in [4.78, 5) is 3.58. The Labute approximate surface area is 127 Å². The molecule has 1 saturated heterocycles. The molecule has 108 valence electrons. The van der Waals surface area contributed by atoms with Crippen LogP contribution in [-0.2, 0) is 5.54 Å². The average molecular weight is 300 g/mol. The molecule has 0 radical (unpaired) electrons. The Morgan fingerprint density at radius 2 is 1.95 bits per heavy atom. The third kappa shape index (κ3) is 2.72. The number of piperidine rings is 1. The lowest BCUT2D eigenvalue weighted by Crippen LogP contribution is -3.20. The highest BCUT2D eigenvalue weighted by atomic mass is 35.5. The Morgan fingerprint density at radius 1 is 1.16 bits per heavy atom. The van der Waals surface area contributed by atoms with Gasteiger partial charge in [-0.05, 0) is 43.6 Å². The van der Waals surface area contributed by atoms with Crippen LogP contribution in [0.3, 0.4) is 0 Å². The Kier molecular flexibility index (Phi) is 5.33. The molecule has 1 aliphatic heterocycles. The molecule has 1 aromatic rings. The van der Waals surface area contributed by atoms with E-state index in [-0.39, 0.29) is 12.4 Å². The predicted octanol–water partition coefficient (Wildman–Crippen LogP) is 0.226. The molecule has 2 fully saturated rings. The molecule has 1 aliphatic carbocycles. The fourth-order valence-electron chi connectivity index (χ4n) is 4.37. The number of thiophene rings is 1. The van der Waals surface area contributed by atoms with E-state index in [0.29, 0.717) is 5.54 Å². The maximum atomic E-state index is 2.51. The van der Waals surface area contributed by atoms with Gasteiger partial charge < -0.3 is 17.3 Å². The van der Waals surface area contributed by atoms with Crippen LogP contribution >= 0.6 is 11.3 Å². The van der Waals surface area contributed by atoms with Gasteiger partial charge in [0.25, 0.3) is 0 Å². The molecule has 0 amide bonds. The first kappa shape index (κ1) is 15.3. The van der Waals surface area contributed by atoms with Gasteiger partial charge in [0.05, 0.1) is 18.0 Å². The summed E-state index contributed by atoms with van der Waals surface area (Å²) in [5.74, 6) is 0.859. The van der Waals surface area contributed by atoms with Crippen LogP contribution in [0.15, 0.2) is 17.5 Å². The minimum absolute atomic E-state index is 0. The van der Waals surface area contributed by atoms with Crippen LogP contribution in [0.5, 0.6) is 0 Å². The van der Waals surface area contributed by atoms with Gasteiger partial charge in [0.1, 0.15) is 5.54 Å². The lowest BCUT2D eigenvalue weighted by atomic mass is 9.71. The number of hydrogen-bond acceptors (Lipinski definition) is 1. The molecule has 1 saturated carbocycles. The Morgan fingerprint density at radius 3 is 2.58 bits per heavy atom. The summed E-state index contributed by atoms with van der Waals surface area (Å²) in [6.45, 7) is 5.32. The number of hydrogen-bond donors (Lipinski definition) is 1. The highest BCUT2D eigenvalue weighted by Crippen LogP contribution is 2.41. The van der Waals surface area contributed by atoms with E-state index in [1.54, 1.807) is 4.88 Å². The van der Waals surface area contributed by atoms with Crippen molar-refractivity contribution in [1.29, 1.82) is 0 Å². The molecule has 0 spiro atoms. The lowest BCUT2D eigenvalue weighted by molar-refractivity contribution is -0.971. The summed E-state index contributed by atoms with van der Waals surface area (Å²) in [5, 5.41) is 2.28. The highest BCUT2D eigenvalue weighted by Gasteiger charge is 2.49. The first-order valence-corrected chi connectivity index (χ1v) is 8.61. The number of quaternary nitrogens is 1. The quantitative estimate of drug-likeness (QED) is 0.797. The first-order chi connectivity index (χ1) is 8.84. The highest BCUT2D eigenvalue weighted by molar-refractivity contribution is 7.10. The van der Waals surface area contributed by atoms with E-state index in [1.807, 2.05) is 16.2 Å². The van der Waals surface area contributed by atoms with Gasteiger partial charge in [0.2, 0.25) is 0 Å². The van der Waals surface area contributed by atoms with Crippen LogP contribution in [0.25, 0.3) is 0 Å². The second-order valence-electron chi connectivity index (χ2n) is 6.26. The zero-order valence-corrected chi connectivity index (χ0v) is 13.5. The van der Waals surface area contributed by atoms with Crippen LogP contribution in [0, 0.1) is 5.92 Å². The molecule has 19 heavy (non-hydrogen) atoms. The normalized spacial score (nSPS) is 32.8. The minimum atomic E-state index is 0. The fraction of sp³-hybridized carbons (Fsp3) is 0.750.